The van der Waals surface area contributed by atoms with Crippen molar-refractivity contribution >= 4 is 5.95 Å². The molecule has 0 bridgehead atoms. The maximum absolute atomic E-state index is 5.73. The van der Waals surface area contributed by atoms with E-state index in [0.717, 1.165) is 70.6 Å². The zero-order chi connectivity index (χ0) is 15.2. The van der Waals surface area contributed by atoms with E-state index in [1.807, 2.05) is 12.4 Å². The Labute approximate surface area is 131 Å². The lowest BCUT2D eigenvalue weighted by Gasteiger charge is -2.30. The van der Waals surface area contributed by atoms with Gasteiger partial charge in [0.1, 0.15) is 0 Å². The summed E-state index contributed by atoms with van der Waals surface area (Å²) in [4.78, 5) is 13.4. The van der Waals surface area contributed by atoms with Gasteiger partial charge in [0.05, 0.1) is 25.9 Å². The molecule has 2 aliphatic rings. The van der Waals surface area contributed by atoms with Crippen LogP contribution in [0, 0.1) is 0 Å². The number of likely N-dealkylation sites (N-methyl/N-ethyl adjacent to an activating group) is 1. The van der Waals surface area contributed by atoms with Gasteiger partial charge >= 0.3 is 0 Å². The molecule has 2 fully saturated rings. The monoisotopic (exact) mass is 307 g/mol. The van der Waals surface area contributed by atoms with Gasteiger partial charge < -0.3 is 24.6 Å². The van der Waals surface area contributed by atoms with Gasteiger partial charge in [-0.3, -0.25) is 0 Å². The first-order valence-electron chi connectivity index (χ1n) is 7.96. The quantitative estimate of drug-likeness (QED) is 0.803. The van der Waals surface area contributed by atoms with Crippen LogP contribution in [0.5, 0.6) is 0 Å². The number of morpholine rings is 2. The van der Waals surface area contributed by atoms with Gasteiger partial charge in [-0.2, -0.15) is 0 Å². The molecule has 0 radical (unpaired) electrons. The second-order valence-electron chi connectivity index (χ2n) is 5.88. The second kappa shape index (κ2) is 7.82. The molecule has 0 aromatic carbocycles. The van der Waals surface area contributed by atoms with Gasteiger partial charge in [0.2, 0.25) is 5.95 Å². The Hall–Kier alpha value is -1.28. The van der Waals surface area contributed by atoms with E-state index in [2.05, 4.69) is 32.1 Å². The number of nitrogens with one attached hydrogen (secondary N) is 1. The number of nitrogens with zero attached hydrogens (tertiary/aromatic N) is 4. The summed E-state index contributed by atoms with van der Waals surface area (Å²) in [7, 11) is 2.13. The molecule has 3 rings (SSSR count). The first-order valence-corrected chi connectivity index (χ1v) is 7.96. The number of aromatic nitrogens is 2. The van der Waals surface area contributed by atoms with Crippen LogP contribution in [0.25, 0.3) is 0 Å². The number of hydrogen-bond donors (Lipinski definition) is 1. The molecular weight excluding hydrogens is 282 g/mol. The van der Waals surface area contributed by atoms with E-state index in [-0.39, 0.29) is 6.10 Å². The fraction of sp³-hybridized carbons (Fsp3) is 0.733. The third-order valence-corrected chi connectivity index (χ3v) is 4.03. The van der Waals surface area contributed by atoms with Crippen molar-refractivity contribution in [2.75, 3.05) is 64.5 Å². The molecule has 0 unspecified atom stereocenters. The third-order valence-electron chi connectivity index (χ3n) is 4.03. The summed E-state index contributed by atoms with van der Waals surface area (Å²) in [5.74, 6) is 0.796. The first kappa shape index (κ1) is 15.6. The topological polar surface area (TPSA) is 62.8 Å². The highest BCUT2D eigenvalue weighted by Crippen LogP contribution is 2.09. The molecule has 122 valence electrons. The highest BCUT2D eigenvalue weighted by molar-refractivity contribution is 5.30. The minimum absolute atomic E-state index is 0.271. The Kier molecular flexibility index (Phi) is 5.55. The first-order chi connectivity index (χ1) is 10.8. The summed E-state index contributed by atoms with van der Waals surface area (Å²) in [6.45, 7) is 7.69. The van der Waals surface area contributed by atoms with Gasteiger partial charge in [-0.15, -0.1) is 0 Å². The van der Waals surface area contributed by atoms with Gasteiger partial charge in [-0.1, -0.05) is 0 Å². The van der Waals surface area contributed by atoms with E-state index < -0.39 is 0 Å². The highest BCUT2D eigenvalue weighted by Gasteiger charge is 2.17. The van der Waals surface area contributed by atoms with Crippen LogP contribution >= 0.6 is 0 Å². The summed E-state index contributed by atoms with van der Waals surface area (Å²) < 4.78 is 11.1. The molecule has 1 aromatic heterocycles. The Morgan fingerprint density at radius 1 is 1.18 bits per heavy atom. The predicted octanol–water partition coefficient (Wildman–Crippen LogP) is -0.267. The number of anilines is 1. The molecule has 1 N–H and O–H groups in total. The van der Waals surface area contributed by atoms with Gasteiger partial charge in [0, 0.05) is 57.2 Å². The molecule has 22 heavy (non-hydrogen) atoms. The number of rotatable bonds is 5. The normalized spacial score (nSPS) is 23.7. The van der Waals surface area contributed by atoms with Crippen LogP contribution < -0.4 is 10.2 Å². The van der Waals surface area contributed by atoms with Crippen LogP contribution in [0.2, 0.25) is 0 Å². The van der Waals surface area contributed by atoms with Crippen molar-refractivity contribution in [1.29, 1.82) is 0 Å². The molecule has 0 saturated carbocycles. The summed E-state index contributed by atoms with van der Waals surface area (Å²) in [5, 5.41) is 3.43. The maximum atomic E-state index is 5.73. The molecule has 7 nitrogen and oxygen atoms in total. The molecule has 3 heterocycles. The van der Waals surface area contributed by atoms with Crippen LogP contribution in [0.1, 0.15) is 5.56 Å². The smallest absolute Gasteiger partial charge is 0.225 e. The molecule has 0 aliphatic carbocycles. The molecule has 0 amide bonds. The Morgan fingerprint density at radius 2 is 1.95 bits per heavy atom. The number of ether oxygens (including phenoxy) is 2. The van der Waals surface area contributed by atoms with Crippen molar-refractivity contribution in [3.05, 3.63) is 18.0 Å². The van der Waals surface area contributed by atoms with Gasteiger partial charge in [0.25, 0.3) is 0 Å². The Bertz CT molecular complexity index is 450. The largest absolute Gasteiger partial charge is 0.378 e. The summed E-state index contributed by atoms with van der Waals surface area (Å²) in [5.41, 5.74) is 1.10. The van der Waals surface area contributed by atoms with Crippen molar-refractivity contribution in [1.82, 2.24) is 20.2 Å². The minimum Gasteiger partial charge on any atom is -0.378 e. The summed E-state index contributed by atoms with van der Waals surface area (Å²) in [6.07, 6.45) is 4.07. The van der Waals surface area contributed by atoms with Gasteiger partial charge in [-0.25, -0.2) is 9.97 Å². The highest BCUT2D eigenvalue weighted by atomic mass is 16.5. The van der Waals surface area contributed by atoms with Gasteiger partial charge in [-0.05, 0) is 7.05 Å². The van der Waals surface area contributed by atoms with Crippen molar-refractivity contribution in [3.63, 3.8) is 0 Å². The van der Waals surface area contributed by atoms with Crippen molar-refractivity contribution < 1.29 is 9.47 Å². The molecule has 1 atom stereocenters. The van der Waals surface area contributed by atoms with E-state index in [9.17, 15) is 0 Å². The lowest BCUT2D eigenvalue weighted by Crippen LogP contribution is -2.44. The van der Waals surface area contributed by atoms with Crippen molar-refractivity contribution in [2.24, 2.45) is 0 Å². The van der Waals surface area contributed by atoms with Crippen LogP contribution in [0.15, 0.2) is 12.4 Å². The SMILES string of the molecule is CN1CCO[C@H](CNCc2cnc(N3CCOCC3)nc2)C1. The van der Waals surface area contributed by atoms with E-state index in [1.54, 1.807) is 0 Å². The molecule has 1 aromatic rings. The molecule has 7 heteroatoms. The second-order valence-corrected chi connectivity index (χ2v) is 5.88. The minimum atomic E-state index is 0.271. The van der Waals surface area contributed by atoms with Crippen LogP contribution in [-0.4, -0.2) is 80.6 Å². The van der Waals surface area contributed by atoms with Crippen LogP contribution in [0.3, 0.4) is 0 Å². The maximum Gasteiger partial charge on any atom is 0.225 e. The number of hydrogen-bond acceptors (Lipinski definition) is 7. The summed E-state index contributed by atoms with van der Waals surface area (Å²) >= 11 is 0. The lowest BCUT2D eigenvalue weighted by molar-refractivity contribution is -0.0182. The van der Waals surface area contributed by atoms with E-state index in [1.165, 1.54) is 0 Å². The Balaban J connectivity index is 1.42. The van der Waals surface area contributed by atoms with Crippen LogP contribution in [-0.2, 0) is 16.0 Å². The van der Waals surface area contributed by atoms with Crippen molar-refractivity contribution in [3.8, 4) is 0 Å². The molecule has 0 spiro atoms. The fourth-order valence-corrected chi connectivity index (χ4v) is 2.73. The van der Waals surface area contributed by atoms with E-state index in [4.69, 9.17) is 9.47 Å². The predicted molar refractivity (Wildman–Crippen MR) is 84.0 cm³/mol. The molecular formula is C15H25N5O2. The lowest BCUT2D eigenvalue weighted by atomic mass is 10.2. The van der Waals surface area contributed by atoms with Crippen molar-refractivity contribution in [2.45, 2.75) is 12.6 Å². The van der Waals surface area contributed by atoms with E-state index >= 15 is 0 Å². The zero-order valence-corrected chi connectivity index (χ0v) is 13.2. The summed E-state index contributed by atoms with van der Waals surface area (Å²) in [6, 6.07) is 0. The third kappa shape index (κ3) is 4.36. The zero-order valence-electron chi connectivity index (χ0n) is 13.2. The fourth-order valence-electron chi connectivity index (χ4n) is 2.73. The average molecular weight is 307 g/mol. The standard InChI is InChI=1S/C15H25N5O2/c1-19-2-7-22-14(12-19)11-16-8-13-9-17-15(18-10-13)20-3-5-21-6-4-20/h9-10,14,16H,2-8,11-12H2,1H3/t14-/m1/s1. The average Bonchev–Trinajstić information content (AvgIpc) is 2.56. The van der Waals surface area contributed by atoms with Gasteiger partial charge in [0.15, 0.2) is 0 Å². The van der Waals surface area contributed by atoms with Crippen LogP contribution in [0.4, 0.5) is 5.95 Å². The molecule has 2 saturated heterocycles. The molecule has 2 aliphatic heterocycles. The van der Waals surface area contributed by atoms with E-state index in [0.29, 0.717) is 0 Å². The Morgan fingerprint density at radius 3 is 2.68 bits per heavy atom.